The summed E-state index contributed by atoms with van der Waals surface area (Å²) in [6.07, 6.45) is 0.122. The number of amides is 2. The van der Waals surface area contributed by atoms with Gasteiger partial charge >= 0.3 is 0 Å². The summed E-state index contributed by atoms with van der Waals surface area (Å²) in [5.41, 5.74) is 1.57. The van der Waals surface area contributed by atoms with Gasteiger partial charge in [0.25, 0.3) is 5.91 Å². The van der Waals surface area contributed by atoms with E-state index in [9.17, 15) is 9.59 Å². The number of rotatable bonds is 7. The highest BCUT2D eigenvalue weighted by molar-refractivity contribution is 6.42. The van der Waals surface area contributed by atoms with Crippen LogP contribution >= 0.6 is 23.2 Å². The molecular formula is C18H18Cl2N2O3. The van der Waals surface area contributed by atoms with Crippen molar-refractivity contribution in [1.82, 2.24) is 5.32 Å². The minimum absolute atomic E-state index is 0.122. The van der Waals surface area contributed by atoms with Crippen molar-refractivity contribution in [3.8, 4) is 0 Å². The number of halogens is 2. The first kappa shape index (κ1) is 19.2. The van der Waals surface area contributed by atoms with Crippen LogP contribution in [0.15, 0.2) is 42.5 Å². The van der Waals surface area contributed by atoms with Crippen molar-refractivity contribution >= 4 is 40.7 Å². The Morgan fingerprint density at radius 1 is 1.08 bits per heavy atom. The van der Waals surface area contributed by atoms with Crippen LogP contribution in [0.2, 0.25) is 10.0 Å². The maximum absolute atomic E-state index is 12.3. The van der Waals surface area contributed by atoms with E-state index in [0.717, 1.165) is 5.56 Å². The average Bonchev–Trinajstić information content (AvgIpc) is 2.58. The number of carbonyl (C=O) groups excluding carboxylic acids is 2. The summed E-state index contributed by atoms with van der Waals surface area (Å²) in [5.74, 6) is -0.530. The minimum atomic E-state index is -0.275. The Morgan fingerprint density at radius 3 is 2.56 bits per heavy atom. The van der Waals surface area contributed by atoms with Crippen LogP contribution in [0.4, 0.5) is 5.69 Å². The molecule has 0 radical (unpaired) electrons. The molecule has 132 valence electrons. The van der Waals surface area contributed by atoms with Crippen LogP contribution in [-0.2, 0) is 16.0 Å². The van der Waals surface area contributed by atoms with Crippen molar-refractivity contribution in [3.63, 3.8) is 0 Å². The lowest BCUT2D eigenvalue weighted by Crippen LogP contribution is -2.28. The van der Waals surface area contributed by atoms with Crippen LogP contribution in [0.1, 0.15) is 15.9 Å². The Labute approximate surface area is 156 Å². The van der Waals surface area contributed by atoms with Crippen molar-refractivity contribution in [2.24, 2.45) is 0 Å². The molecule has 0 saturated heterocycles. The summed E-state index contributed by atoms with van der Waals surface area (Å²) in [6, 6.07) is 11.8. The maximum atomic E-state index is 12.3. The number of hydrogen-bond acceptors (Lipinski definition) is 3. The van der Waals surface area contributed by atoms with Gasteiger partial charge in [-0.3, -0.25) is 9.59 Å². The van der Waals surface area contributed by atoms with Crippen LogP contribution in [0, 0.1) is 0 Å². The molecular weight excluding hydrogens is 363 g/mol. The molecule has 7 heteroatoms. The van der Waals surface area contributed by atoms with E-state index in [-0.39, 0.29) is 18.2 Å². The lowest BCUT2D eigenvalue weighted by Gasteiger charge is -2.11. The second-order valence-corrected chi connectivity index (χ2v) is 6.08. The maximum Gasteiger partial charge on any atom is 0.253 e. The highest BCUT2D eigenvalue weighted by Gasteiger charge is 2.13. The molecule has 0 saturated carbocycles. The summed E-state index contributed by atoms with van der Waals surface area (Å²) < 4.78 is 4.90. The number of para-hydroxylation sites is 1. The van der Waals surface area contributed by atoms with Crippen molar-refractivity contribution in [2.75, 3.05) is 25.6 Å². The Hall–Kier alpha value is -2.08. The molecule has 2 aromatic carbocycles. The number of ether oxygens (including phenoxy) is 1. The summed E-state index contributed by atoms with van der Waals surface area (Å²) >= 11 is 11.8. The molecule has 0 aliphatic rings. The van der Waals surface area contributed by atoms with E-state index in [2.05, 4.69) is 10.6 Å². The third kappa shape index (κ3) is 5.74. The second-order valence-electron chi connectivity index (χ2n) is 5.27. The van der Waals surface area contributed by atoms with E-state index in [0.29, 0.717) is 34.4 Å². The Bertz CT molecular complexity index is 766. The fraction of sp³-hybridized carbons (Fsp3) is 0.222. The minimum Gasteiger partial charge on any atom is -0.383 e. The number of anilines is 1. The Balaban J connectivity index is 2.05. The van der Waals surface area contributed by atoms with E-state index in [1.807, 2.05) is 0 Å². The van der Waals surface area contributed by atoms with E-state index in [4.69, 9.17) is 27.9 Å². The zero-order valence-electron chi connectivity index (χ0n) is 13.6. The normalized spacial score (nSPS) is 10.4. The Morgan fingerprint density at radius 2 is 1.84 bits per heavy atom. The monoisotopic (exact) mass is 380 g/mol. The van der Waals surface area contributed by atoms with Crippen LogP contribution in [0.25, 0.3) is 0 Å². The van der Waals surface area contributed by atoms with Gasteiger partial charge in [-0.25, -0.2) is 0 Å². The average molecular weight is 381 g/mol. The van der Waals surface area contributed by atoms with Crippen molar-refractivity contribution in [3.05, 3.63) is 63.6 Å². The summed E-state index contributed by atoms with van der Waals surface area (Å²) in [6.45, 7) is 0.804. The molecule has 5 nitrogen and oxygen atoms in total. The molecule has 0 bridgehead atoms. The molecule has 2 rings (SSSR count). The van der Waals surface area contributed by atoms with Gasteiger partial charge in [-0.2, -0.15) is 0 Å². The Kier molecular flexibility index (Phi) is 7.25. The van der Waals surface area contributed by atoms with Crippen molar-refractivity contribution in [2.45, 2.75) is 6.42 Å². The second kappa shape index (κ2) is 9.42. The van der Waals surface area contributed by atoms with Gasteiger partial charge in [-0.1, -0.05) is 41.4 Å². The van der Waals surface area contributed by atoms with E-state index < -0.39 is 0 Å². The summed E-state index contributed by atoms with van der Waals surface area (Å²) in [4.78, 5) is 24.5. The van der Waals surface area contributed by atoms with Crippen LogP contribution in [0.5, 0.6) is 0 Å². The van der Waals surface area contributed by atoms with Crippen LogP contribution in [-0.4, -0.2) is 32.1 Å². The van der Waals surface area contributed by atoms with Crippen molar-refractivity contribution < 1.29 is 14.3 Å². The van der Waals surface area contributed by atoms with Gasteiger partial charge in [0, 0.05) is 13.7 Å². The third-order valence-corrected chi connectivity index (χ3v) is 4.13. The van der Waals surface area contributed by atoms with Gasteiger partial charge < -0.3 is 15.4 Å². The van der Waals surface area contributed by atoms with E-state index in [1.54, 1.807) is 49.6 Å². The van der Waals surface area contributed by atoms with E-state index in [1.165, 1.54) is 0 Å². The van der Waals surface area contributed by atoms with Gasteiger partial charge in [-0.05, 0) is 29.8 Å². The molecule has 0 aromatic heterocycles. The largest absolute Gasteiger partial charge is 0.383 e. The molecule has 0 spiro atoms. The van der Waals surface area contributed by atoms with Gasteiger partial charge in [-0.15, -0.1) is 0 Å². The number of benzene rings is 2. The smallest absolute Gasteiger partial charge is 0.253 e. The first-order chi connectivity index (χ1) is 12.0. The lowest BCUT2D eigenvalue weighted by molar-refractivity contribution is -0.115. The highest BCUT2D eigenvalue weighted by atomic mass is 35.5. The number of hydrogen-bond donors (Lipinski definition) is 2. The molecule has 25 heavy (non-hydrogen) atoms. The van der Waals surface area contributed by atoms with Gasteiger partial charge in [0.15, 0.2) is 0 Å². The van der Waals surface area contributed by atoms with Crippen molar-refractivity contribution in [1.29, 1.82) is 0 Å². The lowest BCUT2D eigenvalue weighted by atomic mass is 10.1. The standard InChI is InChI=1S/C18H18Cl2N2O3/c1-25-9-8-21-18(24)13-4-2-3-5-16(13)22-17(23)11-12-6-7-14(19)15(20)10-12/h2-7,10H,8-9,11H2,1H3,(H,21,24)(H,22,23). The topological polar surface area (TPSA) is 67.4 Å². The van der Waals surface area contributed by atoms with Gasteiger partial charge in [0.1, 0.15) is 0 Å². The zero-order valence-corrected chi connectivity index (χ0v) is 15.2. The summed E-state index contributed by atoms with van der Waals surface area (Å²) in [7, 11) is 1.56. The van der Waals surface area contributed by atoms with Crippen LogP contribution < -0.4 is 10.6 Å². The molecule has 2 N–H and O–H groups in total. The van der Waals surface area contributed by atoms with Crippen LogP contribution in [0.3, 0.4) is 0 Å². The molecule has 0 fully saturated rings. The zero-order chi connectivity index (χ0) is 18.2. The number of methoxy groups -OCH3 is 1. The van der Waals surface area contributed by atoms with E-state index >= 15 is 0 Å². The quantitative estimate of drug-likeness (QED) is 0.721. The summed E-state index contributed by atoms with van der Waals surface area (Å²) in [5, 5.41) is 6.31. The third-order valence-electron chi connectivity index (χ3n) is 3.39. The molecule has 2 amide bonds. The number of nitrogens with one attached hydrogen (secondary N) is 2. The first-order valence-electron chi connectivity index (χ1n) is 7.61. The number of carbonyl (C=O) groups is 2. The predicted molar refractivity (Wildman–Crippen MR) is 99.4 cm³/mol. The SMILES string of the molecule is COCCNC(=O)c1ccccc1NC(=O)Cc1ccc(Cl)c(Cl)c1. The fourth-order valence-corrected chi connectivity index (χ4v) is 2.50. The molecule has 0 aliphatic heterocycles. The fourth-order valence-electron chi connectivity index (χ4n) is 2.18. The predicted octanol–water partition coefficient (Wildman–Crippen LogP) is 3.55. The van der Waals surface area contributed by atoms with Gasteiger partial charge in [0.05, 0.1) is 34.3 Å². The van der Waals surface area contributed by atoms with Gasteiger partial charge in [0.2, 0.25) is 5.91 Å². The molecule has 0 atom stereocenters. The molecule has 0 heterocycles. The first-order valence-corrected chi connectivity index (χ1v) is 8.37. The highest BCUT2D eigenvalue weighted by Crippen LogP contribution is 2.23. The molecule has 0 aliphatic carbocycles. The molecule has 0 unspecified atom stereocenters. The molecule has 2 aromatic rings.